The Hall–Kier alpha value is -2.80. The first-order valence-electron chi connectivity index (χ1n) is 8.36. The van der Waals surface area contributed by atoms with Crippen molar-refractivity contribution in [2.45, 2.75) is 6.54 Å². The molecule has 0 atom stereocenters. The van der Waals surface area contributed by atoms with Crippen molar-refractivity contribution in [3.63, 3.8) is 0 Å². The Labute approximate surface area is 145 Å². The number of piperazine rings is 1. The van der Waals surface area contributed by atoms with Crippen LogP contribution in [0.25, 0.3) is 5.69 Å². The van der Waals surface area contributed by atoms with Gasteiger partial charge in [0, 0.05) is 26.2 Å². The number of tetrazole rings is 1. The molecule has 7 heteroatoms. The minimum absolute atomic E-state index is 0.163. The Morgan fingerprint density at radius 2 is 1.60 bits per heavy atom. The van der Waals surface area contributed by atoms with Gasteiger partial charge in [-0.1, -0.05) is 30.3 Å². The molecule has 0 unspecified atom stereocenters. The molecule has 1 saturated heterocycles. The standard InChI is InChI=1S/C18H19FN6/c19-16-8-4-5-9-17(16)24-12-10-23(11-13-24)14-18-20-21-22-25(18)15-6-2-1-3-7-15/h1-9H,10-14H2. The number of rotatable bonds is 4. The zero-order valence-electron chi connectivity index (χ0n) is 13.8. The first-order chi connectivity index (χ1) is 12.3. The van der Waals surface area contributed by atoms with Gasteiger partial charge in [-0.25, -0.2) is 4.39 Å². The molecule has 1 aromatic heterocycles. The van der Waals surface area contributed by atoms with E-state index < -0.39 is 0 Å². The maximum absolute atomic E-state index is 13.9. The lowest BCUT2D eigenvalue weighted by molar-refractivity contribution is 0.241. The van der Waals surface area contributed by atoms with Gasteiger partial charge in [0.05, 0.1) is 17.9 Å². The Balaban J connectivity index is 1.42. The van der Waals surface area contributed by atoms with Gasteiger partial charge in [0.2, 0.25) is 0 Å². The number of para-hydroxylation sites is 2. The molecule has 0 amide bonds. The average molecular weight is 338 g/mol. The third-order valence-corrected chi connectivity index (χ3v) is 4.47. The molecule has 6 nitrogen and oxygen atoms in total. The van der Waals surface area contributed by atoms with E-state index in [0.717, 1.165) is 37.7 Å². The Morgan fingerprint density at radius 3 is 2.36 bits per heavy atom. The van der Waals surface area contributed by atoms with E-state index >= 15 is 0 Å². The van der Waals surface area contributed by atoms with Gasteiger partial charge < -0.3 is 4.90 Å². The van der Waals surface area contributed by atoms with Crippen molar-refractivity contribution >= 4 is 5.69 Å². The fraction of sp³-hybridized carbons (Fsp3) is 0.278. The van der Waals surface area contributed by atoms with Crippen molar-refractivity contribution in [1.29, 1.82) is 0 Å². The molecular weight excluding hydrogens is 319 g/mol. The number of anilines is 1. The van der Waals surface area contributed by atoms with Crippen molar-refractivity contribution in [3.8, 4) is 5.69 Å². The van der Waals surface area contributed by atoms with Crippen LogP contribution in [0.3, 0.4) is 0 Å². The number of aromatic nitrogens is 4. The van der Waals surface area contributed by atoms with Crippen LogP contribution in [0.2, 0.25) is 0 Å². The summed E-state index contributed by atoms with van der Waals surface area (Å²) in [4.78, 5) is 4.38. The predicted octanol–water partition coefficient (Wildman–Crippen LogP) is 2.12. The second-order valence-electron chi connectivity index (χ2n) is 6.06. The Bertz CT molecular complexity index is 826. The molecule has 4 rings (SSSR count). The fourth-order valence-electron chi connectivity index (χ4n) is 3.13. The van der Waals surface area contributed by atoms with Crippen molar-refractivity contribution in [2.75, 3.05) is 31.1 Å². The first kappa shape index (κ1) is 15.7. The van der Waals surface area contributed by atoms with Crippen molar-refractivity contribution in [1.82, 2.24) is 25.1 Å². The highest BCUT2D eigenvalue weighted by Gasteiger charge is 2.21. The van der Waals surface area contributed by atoms with Gasteiger partial charge in [0.1, 0.15) is 5.82 Å². The molecule has 0 N–H and O–H groups in total. The maximum atomic E-state index is 13.9. The zero-order valence-corrected chi connectivity index (χ0v) is 13.8. The molecule has 0 radical (unpaired) electrons. The second kappa shape index (κ2) is 6.98. The SMILES string of the molecule is Fc1ccccc1N1CCN(Cc2nnnn2-c2ccccc2)CC1. The molecule has 2 aromatic carbocycles. The van der Waals surface area contributed by atoms with Gasteiger partial charge in [-0.15, -0.1) is 5.10 Å². The normalized spacial score (nSPS) is 15.5. The van der Waals surface area contributed by atoms with E-state index in [1.165, 1.54) is 6.07 Å². The van der Waals surface area contributed by atoms with E-state index in [4.69, 9.17) is 0 Å². The summed E-state index contributed by atoms with van der Waals surface area (Å²) in [6.07, 6.45) is 0. The van der Waals surface area contributed by atoms with Crippen LogP contribution < -0.4 is 4.90 Å². The van der Waals surface area contributed by atoms with E-state index in [9.17, 15) is 4.39 Å². The largest absolute Gasteiger partial charge is 0.367 e. The molecule has 1 aliphatic heterocycles. The summed E-state index contributed by atoms with van der Waals surface area (Å²) < 4.78 is 15.7. The molecule has 0 spiro atoms. The molecule has 1 aliphatic rings. The molecular formula is C18H19FN6. The third kappa shape index (κ3) is 3.36. The lowest BCUT2D eigenvalue weighted by Crippen LogP contribution is -2.46. The minimum atomic E-state index is -0.163. The Morgan fingerprint density at radius 1 is 0.880 bits per heavy atom. The maximum Gasteiger partial charge on any atom is 0.170 e. The number of hydrogen-bond acceptors (Lipinski definition) is 5. The summed E-state index contributed by atoms with van der Waals surface area (Å²) in [7, 11) is 0. The van der Waals surface area contributed by atoms with Crippen LogP contribution in [0.1, 0.15) is 5.82 Å². The molecule has 0 bridgehead atoms. The second-order valence-corrected chi connectivity index (χ2v) is 6.06. The molecule has 1 fully saturated rings. The highest BCUT2D eigenvalue weighted by atomic mass is 19.1. The number of benzene rings is 2. The zero-order chi connectivity index (χ0) is 17.1. The lowest BCUT2D eigenvalue weighted by Gasteiger charge is -2.35. The molecule has 0 saturated carbocycles. The van der Waals surface area contributed by atoms with Gasteiger partial charge in [-0.3, -0.25) is 4.90 Å². The van der Waals surface area contributed by atoms with Crippen LogP contribution in [0.5, 0.6) is 0 Å². The summed E-state index contributed by atoms with van der Waals surface area (Å²) >= 11 is 0. The summed E-state index contributed by atoms with van der Waals surface area (Å²) in [5.41, 5.74) is 1.63. The van der Waals surface area contributed by atoms with Crippen LogP contribution in [-0.2, 0) is 6.54 Å². The molecule has 25 heavy (non-hydrogen) atoms. The summed E-state index contributed by atoms with van der Waals surface area (Å²) in [5.74, 6) is 0.648. The molecule has 128 valence electrons. The van der Waals surface area contributed by atoms with Crippen LogP contribution in [0.15, 0.2) is 54.6 Å². The fourth-order valence-corrected chi connectivity index (χ4v) is 3.13. The van der Waals surface area contributed by atoms with Gasteiger partial charge >= 0.3 is 0 Å². The first-order valence-corrected chi connectivity index (χ1v) is 8.36. The smallest absolute Gasteiger partial charge is 0.170 e. The van der Waals surface area contributed by atoms with Gasteiger partial charge in [0.25, 0.3) is 0 Å². The average Bonchev–Trinajstić information content (AvgIpc) is 3.12. The third-order valence-electron chi connectivity index (χ3n) is 4.47. The Kier molecular flexibility index (Phi) is 4.39. The summed E-state index contributed by atoms with van der Waals surface area (Å²) in [5, 5.41) is 12.1. The number of halogens is 1. The van der Waals surface area contributed by atoms with Gasteiger partial charge in [0.15, 0.2) is 5.82 Å². The summed E-state index contributed by atoms with van der Waals surface area (Å²) in [6, 6.07) is 16.8. The highest BCUT2D eigenvalue weighted by Crippen LogP contribution is 2.20. The van der Waals surface area contributed by atoms with Crippen molar-refractivity contribution in [2.24, 2.45) is 0 Å². The molecule has 0 aliphatic carbocycles. The van der Waals surface area contributed by atoms with Crippen LogP contribution in [0.4, 0.5) is 10.1 Å². The van der Waals surface area contributed by atoms with Crippen molar-refractivity contribution in [3.05, 3.63) is 66.2 Å². The van der Waals surface area contributed by atoms with E-state index in [-0.39, 0.29) is 5.82 Å². The van der Waals surface area contributed by atoms with Gasteiger partial charge in [-0.05, 0) is 34.7 Å². The number of nitrogens with zero attached hydrogens (tertiary/aromatic N) is 6. The lowest BCUT2D eigenvalue weighted by atomic mass is 10.2. The van der Waals surface area contributed by atoms with E-state index in [1.807, 2.05) is 42.5 Å². The molecule has 2 heterocycles. The highest BCUT2D eigenvalue weighted by molar-refractivity contribution is 5.48. The predicted molar refractivity (Wildman–Crippen MR) is 93.0 cm³/mol. The van der Waals surface area contributed by atoms with Gasteiger partial charge in [-0.2, -0.15) is 4.68 Å². The quantitative estimate of drug-likeness (QED) is 0.729. The van der Waals surface area contributed by atoms with E-state index in [2.05, 4.69) is 25.3 Å². The monoisotopic (exact) mass is 338 g/mol. The molecule has 3 aromatic rings. The summed E-state index contributed by atoms with van der Waals surface area (Å²) in [6.45, 7) is 3.93. The minimum Gasteiger partial charge on any atom is -0.367 e. The topological polar surface area (TPSA) is 50.1 Å². The van der Waals surface area contributed by atoms with Crippen molar-refractivity contribution < 1.29 is 4.39 Å². The van der Waals surface area contributed by atoms with E-state index in [1.54, 1.807) is 10.7 Å². The van der Waals surface area contributed by atoms with E-state index in [0.29, 0.717) is 12.2 Å². The van der Waals surface area contributed by atoms with Crippen LogP contribution >= 0.6 is 0 Å². The number of hydrogen-bond donors (Lipinski definition) is 0. The van der Waals surface area contributed by atoms with Crippen LogP contribution in [0, 0.1) is 5.82 Å². The van der Waals surface area contributed by atoms with Crippen LogP contribution in [-0.4, -0.2) is 51.3 Å².